The molecule has 20 heavy (non-hydrogen) atoms. The largest absolute Gasteiger partial charge is 0.393 e. The van der Waals surface area contributed by atoms with Crippen LogP contribution in [0.25, 0.3) is 5.82 Å². The van der Waals surface area contributed by atoms with Gasteiger partial charge >= 0.3 is 0 Å². The number of aromatic nitrogens is 4. The standard InChI is InChI=1S/C13H18N6O/c14-11-12(18-9-2-4-10(20)5-3-9)15-8-16-13(11)19-7-1-6-17-19/h1,6-10,20H,2-5,14H2,(H,15,16,18). The number of nitrogens with zero attached hydrogens (tertiary/aromatic N) is 4. The minimum Gasteiger partial charge on any atom is -0.393 e. The third-order valence-corrected chi connectivity index (χ3v) is 3.62. The number of nitrogen functional groups attached to an aromatic ring is 1. The SMILES string of the molecule is Nc1c(NC2CCC(O)CC2)ncnc1-n1cccn1. The van der Waals surface area contributed by atoms with Gasteiger partial charge in [-0.25, -0.2) is 14.6 Å². The highest BCUT2D eigenvalue weighted by atomic mass is 16.3. The summed E-state index contributed by atoms with van der Waals surface area (Å²) in [4.78, 5) is 8.38. The summed E-state index contributed by atoms with van der Waals surface area (Å²) in [5.74, 6) is 1.20. The van der Waals surface area contributed by atoms with Crippen LogP contribution in [0, 0.1) is 0 Å². The summed E-state index contributed by atoms with van der Waals surface area (Å²) < 4.78 is 1.62. The molecule has 7 heteroatoms. The lowest BCUT2D eigenvalue weighted by Gasteiger charge is -2.27. The summed E-state index contributed by atoms with van der Waals surface area (Å²) in [5, 5.41) is 17.0. The summed E-state index contributed by atoms with van der Waals surface area (Å²) in [5.41, 5.74) is 6.61. The lowest BCUT2D eigenvalue weighted by molar-refractivity contribution is 0.126. The van der Waals surface area contributed by atoms with Crippen molar-refractivity contribution in [1.29, 1.82) is 0 Å². The predicted octanol–water partition coefficient (Wildman–Crippen LogP) is 0.960. The smallest absolute Gasteiger partial charge is 0.181 e. The van der Waals surface area contributed by atoms with Gasteiger partial charge in [0.05, 0.1) is 6.10 Å². The molecule has 2 aromatic rings. The number of aliphatic hydroxyl groups excluding tert-OH is 1. The van der Waals surface area contributed by atoms with Gasteiger partial charge in [0.25, 0.3) is 0 Å². The minimum absolute atomic E-state index is 0.171. The quantitative estimate of drug-likeness (QED) is 0.770. The van der Waals surface area contributed by atoms with Crippen molar-refractivity contribution in [2.45, 2.75) is 37.8 Å². The molecular formula is C13H18N6O. The molecule has 0 amide bonds. The van der Waals surface area contributed by atoms with Crippen molar-refractivity contribution >= 4 is 11.5 Å². The number of rotatable bonds is 3. The Morgan fingerprint density at radius 1 is 1.25 bits per heavy atom. The normalized spacial score (nSPS) is 22.6. The van der Waals surface area contributed by atoms with Crippen LogP contribution in [0.3, 0.4) is 0 Å². The Labute approximate surface area is 116 Å². The average molecular weight is 274 g/mol. The molecule has 0 radical (unpaired) electrons. The van der Waals surface area contributed by atoms with Crippen LogP contribution in [0.15, 0.2) is 24.8 Å². The first-order valence-electron chi connectivity index (χ1n) is 6.79. The van der Waals surface area contributed by atoms with E-state index in [1.54, 1.807) is 17.1 Å². The minimum atomic E-state index is -0.171. The maximum Gasteiger partial charge on any atom is 0.181 e. The zero-order valence-electron chi connectivity index (χ0n) is 11.1. The highest BCUT2D eigenvalue weighted by molar-refractivity contribution is 5.69. The Morgan fingerprint density at radius 2 is 2.05 bits per heavy atom. The molecule has 0 atom stereocenters. The van der Waals surface area contributed by atoms with Crippen molar-refractivity contribution in [3.8, 4) is 5.82 Å². The van der Waals surface area contributed by atoms with E-state index in [1.807, 2.05) is 6.07 Å². The lowest BCUT2D eigenvalue weighted by Crippen LogP contribution is -2.29. The van der Waals surface area contributed by atoms with Crippen LogP contribution in [0.1, 0.15) is 25.7 Å². The van der Waals surface area contributed by atoms with E-state index in [2.05, 4.69) is 20.4 Å². The summed E-state index contributed by atoms with van der Waals surface area (Å²) in [6.45, 7) is 0. The molecule has 1 saturated carbocycles. The van der Waals surface area contributed by atoms with Crippen LogP contribution >= 0.6 is 0 Å². The molecule has 2 heterocycles. The zero-order valence-corrected chi connectivity index (χ0v) is 11.1. The van der Waals surface area contributed by atoms with Gasteiger partial charge < -0.3 is 16.2 Å². The number of aliphatic hydroxyl groups is 1. The monoisotopic (exact) mass is 274 g/mol. The number of hydrogen-bond acceptors (Lipinski definition) is 6. The van der Waals surface area contributed by atoms with Crippen LogP contribution in [-0.4, -0.2) is 37.0 Å². The van der Waals surface area contributed by atoms with Crippen LogP contribution in [0.2, 0.25) is 0 Å². The van der Waals surface area contributed by atoms with Gasteiger partial charge in [-0.3, -0.25) is 0 Å². The van der Waals surface area contributed by atoms with Gasteiger partial charge in [-0.05, 0) is 31.7 Å². The maximum absolute atomic E-state index is 9.53. The molecule has 7 nitrogen and oxygen atoms in total. The van der Waals surface area contributed by atoms with E-state index in [1.165, 1.54) is 6.33 Å². The summed E-state index contributed by atoms with van der Waals surface area (Å²) in [6.07, 6.45) is 8.24. The topological polar surface area (TPSA) is 102 Å². The van der Waals surface area contributed by atoms with E-state index in [-0.39, 0.29) is 6.10 Å². The molecule has 1 aliphatic rings. The Morgan fingerprint density at radius 3 is 2.75 bits per heavy atom. The number of nitrogens with one attached hydrogen (secondary N) is 1. The fraction of sp³-hybridized carbons (Fsp3) is 0.462. The third-order valence-electron chi connectivity index (χ3n) is 3.62. The zero-order chi connectivity index (χ0) is 13.9. The fourth-order valence-corrected chi connectivity index (χ4v) is 2.49. The Hall–Kier alpha value is -2.15. The first kappa shape index (κ1) is 12.9. The molecule has 4 N–H and O–H groups in total. The highest BCUT2D eigenvalue weighted by Gasteiger charge is 2.21. The van der Waals surface area contributed by atoms with Crippen molar-refractivity contribution in [3.63, 3.8) is 0 Å². The molecule has 0 unspecified atom stereocenters. The van der Waals surface area contributed by atoms with E-state index in [4.69, 9.17) is 5.73 Å². The van der Waals surface area contributed by atoms with Crippen LogP contribution in [0.4, 0.5) is 11.5 Å². The van der Waals surface area contributed by atoms with Crippen molar-refractivity contribution in [3.05, 3.63) is 24.8 Å². The number of anilines is 2. The molecule has 106 valence electrons. The van der Waals surface area contributed by atoms with Crippen LogP contribution in [-0.2, 0) is 0 Å². The molecule has 2 aromatic heterocycles. The van der Waals surface area contributed by atoms with Gasteiger partial charge in [-0.15, -0.1) is 0 Å². The van der Waals surface area contributed by atoms with E-state index < -0.39 is 0 Å². The highest BCUT2D eigenvalue weighted by Crippen LogP contribution is 2.26. The fourth-order valence-electron chi connectivity index (χ4n) is 2.49. The second-order valence-electron chi connectivity index (χ2n) is 5.06. The molecule has 0 aromatic carbocycles. The van der Waals surface area contributed by atoms with Gasteiger partial charge in [0.15, 0.2) is 11.6 Å². The van der Waals surface area contributed by atoms with E-state index >= 15 is 0 Å². The van der Waals surface area contributed by atoms with Crippen molar-refractivity contribution in [2.24, 2.45) is 0 Å². The predicted molar refractivity (Wildman–Crippen MR) is 75.5 cm³/mol. The second-order valence-corrected chi connectivity index (χ2v) is 5.06. The molecule has 0 spiro atoms. The van der Waals surface area contributed by atoms with E-state index in [9.17, 15) is 5.11 Å². The molecule has 1 aliphatic carbocycles. The number of hydrogen-bond donors (Lipinski definition) is 3. The first-order valence-corrected chi connectivity index (χ1v) is 6.79. The van der Waals surface area contributed by atoms with E-state index in [0.29, 0.717) is 23.4 Å². The van der Waals surface area contributed by atoms with Gasteiger partial charge in [-0.1, -0.05) is 0 Å². The summed E-state index contributed by atoms with van der Waals surface area (Å²) in [7, 11) is 0. The van der Waals surface area contributed by atoms with Gasteiger partial charge in [-0.2, -0.15) is 5.10 Å². The molecular weight excluding hydrogens is 256 g/mol. The molecule has 0 saturated heterocycles. The summed E-state index contributed by atoms with van der Waals surface area (Å²) in [6, 6.07) is 2.11. The van der Waals surface area contributed by atoms with Crippen LogP contribution < -0.4 is 11.1 Å². The number of nitrogens with two attached hydrogens (primary N) is 1. The van der Waals surface area contributed by atoms with Crippen LogP contribution in [0.5, 0.6) is 0 Å². The Balaban J connectivity index is 1.79. The van der Waals surface area contributed by atoms with Gasteiger partial charge in [0.2, 0.25) is 0 Å². The van der Waals surface area contributed by atoms with Gasteiger partial charge in [0.1, 0.15) is 12.0 Å². The Bertz CT molecular complexity index is 562. The third kappa shape index (κ3) is 2.57. The molecule has 1 fully saturated rings. The molecule has 3 rings (SSSR count). The van der Waals surface area contributed by atoms with Gasteiger partial charge in [0, 0.05) is 18.4 Å². The first-order chi connectivity index (χ1) is 9.74. The average Bonchev–Trinajstić information content (AvgIpc) is 2.97. The molecule has 0 aliphatic heterocycles. The second kappa shape index (κ2) is 5.46. The Kier molecular flexibility index (Phi) is 3.51. The lowest BCUT2D eigenvalue weighted by atomic mass is 9.93. The van der Waals surface area contributed by atoms with Crippen molar-refractivity contribution in [1.82, 2.24) is 19.7 Å². The van der Waals surface area contributed by atoms with E-state index in [0.717, 1.165) is 25.7 Å². The van der Waals surface area contributed by atoms with Crippen molar-refractivity contribution in [2.75, 3.05) is 11.1 Å². The maximum atomic E-state index is 9.53. The van der Waals surface area contributed by atoms with Crippen molar-refractivity contribution < 1.29 is 5.11 Å². The molecule has 0 bridgehead atoms. The summed E-state index contributed by atoms with van der Waals surface area (Å²) >= 11 is 0.